The number of unbranched alkanes of at least 4 members (excludes halogenated alkanes) is 2. The van der Waals surface area contributed by atoms with E-state index in [0.29, 0.717) is 44.1 Å². The first kappa shape index (κ1) is 46.5. The number of oxime groups is 1. The summed E-state index contributed by atoms with van der Waals surface area (Å²) in [5.74, 6) is -0.543. The van der Waals surface area contributed by atoms with Crippen LogP contribution in [0.4, 0.5) is 4.79 Å². The zero-order valence-electron chi connectivity index (χ0n) is 35.9. The molecule has 336 valence electrons. The quantitative estimate of drug-likeness (QED) is 0.0416. The van der Waals surface area contributed by atoms with E-state index >= 15 is 0 Å². The van der Waals surface area contributed by atoms with Crippen LogP contribution >= 0.6 is 0 Å². The molecule has 0 spiro atoms. The maximum Gasteiger partial charge on any atom is 0.410 e. The van der Waals surface area contributed by atoms with Gasteiger partial charge in [0.1, 0.15) is 37.4 Å². The first-order chi connectivity index (χ1) is 30.0. The fourth-order valence-electron chi connectivity index (χ4n) is 9.21. The van der Waals surface area contributed by atoms with Gasteiger partial charge >= 0.3 is 6.09 Å². The average molecular weight is 850 g/mol. The number of hydrogen-bond donors (Lipinski definition) is 3. The van der Waals surface area contributed by atoms with Gasteiger partial charge in [-0.05, 0) is 73.8 Å². The van der Waals surface area contributed by atoms with E-state index in [2.05, 4.69) is 23.6 Å². The Bertz CT molecular complexity index is 1720. The van der Waals surface area contributed by atoms with E-state index in [1.165, 1.54) is 0 Å². The summed E-state index contributed by atoms with van der Waals surface area (Å²) < 4.78 is 38.3. The van der Waals surface area contributed by atoms with Gasteiger partial charge < -0.3 is 48.6 Å². The number of carbonyl (C=O) groups is 1. The van der Waals surface area contributed by atoms with Crippen molar-refractivity contribution in [3.8, 4) is 11.5 Å². The van der Waals surface area contributed by atoms with Gasteiger partial charge in [-0.15, -0.1) is 6.58 Å². The highest BCUT2D eigenvalue weighted by atomic mass is 16.7. The maximum atomic E-state index is 14.5. The molecule has 0 radical (unpaired) electrons. The lowest BCUT2D eigenvalue weighted by Gasteiger charge is -2.59. The Morgan fingerprint density at radius 1 is 0.967 bits per heavy atom. The predicted octanol–water partition coefficient (Wildman–Crippen LogP) is 5.70. The Morgan fingerprint density at radius 3 is 2.51 bits per heavy atom. The summed E-state index contributed by atoms with van der Waals surface area (Å²) in [5.41, 5.74) is 3.65. The summed E-state index contributed by atoms with van der Waals surface area (Å²) in [6, 6.07) is 15.0. The largest absolute Gasteiger partial charge is 0.492 e. The molecule has 61 heavy (non-hydrogen) atoms. The normalized spacial score (nSPS) is 24.6. The first-order valence-corrected chi connectivity index (χ1v) is 22.3. The van der Waals surface area contributed by atoms with E-state index in [9.17, 15) is 20.1 Å². The Labute approximate surface area is 361 Å². The molecule has 1 saturated carbocycles. The van der Waals surface area contributed by atoms with Gasteiger partial charge in [-0.1, -0.05) is 60.5 Å². The molecule has 6 rings (SSSR count). The molecule has 1 saturated heterocycles. The molecule has 3 N–H and O–H groups in total. The monoisotopic (exact) mass is 849 g/mol. The number of rotatable bonds is 28. The lowest BCUT2D eigenvalue weighted by atomic mass is 9.55. The van der Waals surface area contributed by atoms with E-state index in [-0.39, 0.29) is 83.6 Å². The van der Waals surface area contributed by atoms with Gasteiger partial charge in [0, 0.05) is 57.3 Å². The Balaban J connectivity index is 1.44. The third-order valence-corrected chi connectivity index (χ3v) is 12.1. The Hall–Kier alpha value is -4.02. The van der Waals surface area contributed by atoms with Crippen LogP contribution < -0.4 is 9.47 Å². The molecule has 14 heteroatoms. The van der Waals surface area contributed by atoms with Crippen molar-refractivity contribution in [3.05, 3.63) is 84.0 Å². The second-order valence-electron chi connectivity index (χ2n) is 16.1. The standard InChI is InChI=1S/C47H67N3O11/c1-3-25-59-47-43(50(21-26-55-28-24-53)46(54)58-30-29-56-34-35-12-6-5-7-13-35)33-41(48-60-4-2)39-31-36(14-8-10-22-51)38(15-9-11-23-52)44(45(39)47)40-32-37(16-17-42(40)61-47)57-27-20-49-18-19-49/h3,5-7,12-13,16-17,31-32,36,38,43-45,51-53H,1,4,8-11,14-15,18-30,33-34H2,2H3. The smallest absolute Gasteiger partial charge is 0.410 e. The fraction of sp³-hybridized carbons (Fsp3) is 0.617. The molecule has 1 amide bonds. The molecule has 14 nitrogen and oxygen atoms in total. The number of fused-ring (bicyclic) bond motifs is 2. The zero-order chi connectivity index (χ0) is 42.9. The predicted molar refractivity (Wildman–Crippen MR) is 231 cm³/mol. The number of nitrogens with zero attached hydrogens (tertiary/aromatic N) is 3. The molecule has 0 aromatic heterocycles. The zero-order valence-corrected chi connectivity index (χ0v) is 35.9. The second-order valence-corrected chi connectivity index (χ2v) is 16.1. The highest BCUT2D eigenvalue weighted by molar-refractivity contribution is 6.03. The molecule has 2 aliphatic heterocycles. The molecule has 2 aliphatic carbocycles. The number of carbonyl (C=O) groups excluding carboxylic acids is 1. The summed E-state index contributed by atoms with van der Waals surface area (Å²) in [6.45, 7) is 10.9. The van der Waals surface area contributed by atoms with E-state index in [4.69, 9.17) is 38.4 Å². The van der Waals surface area contributed by atoms with Crippen molar-refractivity contribution in [2.24, 2.45) is 22.9 Å². The van der Waals surface area contributed by atoms with Gasteiger partial charge in [0.25, 0.3) is 0 Å². The first-order valence-electron chi connectivity index (χ1n) is 22.3. The van der Waals surface area contributed by atoms with Crippen LogP contribution in [0.3, 0.4) is 0 Å². The lowest BCUT2D eigenvalue weighted by Crippen LogP contribution is -2.70. The highest BCUT2D eigenvalue weighted by Gasteiger charge is 2.65. The molecule has 2 heterocycles. The average Bonchev–Trinajstić information content (AvgIpc) is 4.11. The summed E-state index contributed by atoms with van der Waals surface area (Å²) in [6.07, 6.45) is 8.29. The van der Waals surface area contributed by atoms with Crippen LogP contribution in [0.2, 0.25) is 0 Å². The third kappa shape index (κ3) is 12.1. The maximum absolute atomic E-state index is 14.5. The van der Waals surface area contributed by atoms with Crippen molar-refractivity contribution in [1.82, 2.24) is 9.80 Å². The van der Waals surface area contributed by atoms with Gasteiger partial charge in [0.2, 0.25) is 5.79 Å². The molecule has 2 aromatic rings. The second kappa shape index (κ2) is 24.0. The Kier molecular flexibility index (Phi) is 18.3. The van der Waals surface area contributed by atoms with Crippen LogP contribution in [0.1, 0.15) is 68.9 Å². The van der Waals surface area contributed by atoms with Crippen LogP contribution in [0.15, 0.2) is 78.0 Å². The Morgan fingerprint density at radius 2 is 1.77 bits per heavy atom. The van der Waals surface area contributed by atoms with Crippen molar-refractivity contribution < 1.29 is 53.4 Å². The van der Waals surface area contributed by atoms with Crippen LogP contribution in [0, 0.1) is 17.8 Å². The van der Waals surface area contributed by atoms with Crippen LogP contribution in [-0.4, -0.2) is 141 Å². The summed E-state index contributed by atoms with van der Waals surface area (Å²) in [7, 11) is 0. The minimum atomic E-state index is -1.45. The molecule has 4 aliphatic rings. The SMILES string of the molecule is C=CCOC12Oc3ccc(OCCN4CC4)cc3C3C(CCCCO)C(CCCCO)C=C(C(=NOCC)CC1N(CCOCCO)C(=O)OCCOCc1ccccc1)C32. The number of aliphatic hydroxyl groups is 3. The lowest BCUT2D eigenvalue weighted by molar-refractivity contribution is -0.256. The highest BCUT2D eigenvalue weighted by Crippen LogP contribution is 2.62. The topological polar surface area (TPSA) is 161 Å². The molecule has 6 atom stereocenters. The number of benzene rings is 2. The molecule has 6 unspecified atom stereocenters. The molecule has 2 fully saturated rings. The number of aliphatic hydroxyl groups excluding tert-OH is 3. The van der Waals surface area contributed by atoms with Gasteiger partial charge in [-0.2, -0.15) is 0 Å². The molecule has 2 aromatic carbocycles. The van der Waals surface area contributed by atoms with E-state index < -0.39 is 23.8 Å². The third-order valence-electron chi connectivity index (χ3n) is 12.1. The fourth-order valence-corrected chi connectivity index (χ4v) is 9.21. The van der Waals surface area contributed by atoms with E-state index in [1.54, 1.807) is 11.0 Å². The van der Waals surface area contributed by atoms with Gasteiger partial charge in [-0.3, -0.25) is 9.80 Å². The van der Waals surface area contributed by atoms with Crippen molar-refractivity contribution in [2.45, 2.75) is 76.2 Å². The van der Waals surface area contributed by atoms with E-state index in [0.717, 1.165) is 67.8 Å². The molecular formula is C47H67N3O11. The van der Waals surface area contributed by atoms with Crippen molar-refractivity contribution in [3.63, 3.8) is 0 Å². The van der Waals surface area contributed by atoms with Crippen molar-refractivity contribution >= 4 is 11.8 Å². The van der Waals surface area contributed by atoms with Crippen LogP contribution in [0.25, 0.3) is 0 Å². The summed E-state index contributed by atoms with van der Waals surface area (Å²) in [4.78, 5) is 24.3. The number of allylic oxidation sites excluding steroid dienone is 1. The van der Waals surface area contributed by atoms with Gasteiger partial charge in [-0.25, -0.2) is 4.79 Å². The number of amides is 1. The van der Waals surface area contributed by atoms with Crippen molar-refractivity contribution in [1.29, 1.82) is 0 Å². The van der Waals surface area contributed by atoms with Crippen LogP contribution in [-0.2, 0) is 30.4 Å². The summed E-state index contributed by atoms with van der Waals surface area (Å²) >= 11 is 0. The van der Waals surface area contributed by atoms with Gasteiger partial charge in [0.05, 0.1) is 51.3 Å². The molecular weight excluding hydrogens is 783 g/mol. The minimum absolute atomic E-state index is 0.0106. The van der Waals surface area contributed by atoms with E-state index in [1.807, 2.05) is 49.4 Å². The summed E-state index contributed by atoms with van der Waals surface area (Å²) in [5, 5.41) is 34.1. The molecule has 0 bridgehead atoms. The number of hydrogen-bond acceptors (Lipinski definition) is 13. The number of ether oxygens (including phenoxy) is 6. The minimum Gasteiger partial charge on any atom is -0.492 e. The van der Waals surface area contributed by atoms with Crippen LogP contribution in [0.5, 0.6) is 11.5 Å². The van der Waals surface area contributed by atoms with Crippen molar-refractivity contribution in [2.75, 3.05) is 92.2 Å². The van der Waals surface area contributed by atoms with Gasteiger partial charge in [0.15, 0.2) is 0 Å².